The first kappa shape index (κ1) is 12.6. The summed E-state index contributed by atoms with van der Waals surface area (Å²) in [5, 5.41) is 0. The van der Waals surface area contributed by atoms with Crippen LogP contribution < -0.4 is 5.73 Å². The van der Waals surface area contributed by atoms with Crippen LogP contribution in [0.25, 0.3) is 0 Å². The lowest BCUT2D eigenvalue weighted by molar-refractivity contribution is 0.326. The van der Waals surface area contributed by atoms with E-state index in [9.17, 15) is 4.39 Å². The highest BCUT2D eigenvalue weighted by Crippen LogP contribution is 2.48. The van der Waals surface area contributed by atoms with E-state index >= 15 is 0 Å². The third kappa shape index (κ3) is 2.37. The van der Waals surface area contributed by atoms with Gasteiger partial charge in [0.2, 0.25) is 0 Å². The Labute approximate surface area is 103 Å². The summed E-state index contributed by atoms with van der Waals surface area (Å²) in [6.07, 6.45) is 2.18. The van der Waals surface area contributed by atoms with Crippen LogP contribution in [0.5, 0.6) is 0 Å². The lowest BCUT2D eigenvalue weighted by Gasteiger charge is -2.28. The van der Waals surface area contributed by atoms with Gasteiger partial charge in [0.15, 0.2) is 0 Å². The zero-order chi connectivity index (χ0) is 12.8. The Hall–Kier alpha value is -0.890. The highest BCUT2D eigenvalue weighted by atomic mass is 19.1. The second kappa shape index (κ2) is 3.81. The fourth-order valence-electron chi connectivity index (χ4n) is 2.17. The predicted molar refractivity (Wildman–Crippen MR) is 69.4 cm³/mol. The molecule has 0 aromatic heterocycles. The van der Waals surface area contributed by atoms with Gasteiger partial charge in [-0.05, 0) is 40.9 Å². The second-order valence-electron chi connectivity index (χ2n) is 6.64. The molecule has 0 bridgehead atoms. The summed E-state index contributed by atoms with van der Waals surface area (Å²) in [5.74, 6) is -0.0952. The van der Waals surface area contributed by atoms with Crippen molar-refractivity contribution >= 4 is 0 Å². The molecule has 0 radical (unpaired) electrons. The van der Waals surface area contributed by atoms with Gasteiger partial charge in [0.1, 0.15) is 5.82 Å². The molecular formula is C15H22FN. The molecule has 1 saturated carbocycles. The normalized spacial score (nSPS) is 20.1. The number of halogens is 1. The van der Waals surface area contributed by atoms with E-state index < -0.39 is 0 Å². The summed E-state index contributed by atoms with van der Waals surface area (Å²) in [7, 11) is 0. The summed E-state index contributed by atoms with van der Waals surface area (Å²) < 4.78 is 14.1. The van der Waals surface area contributed by atoms with Crippen LogP contribution in [-0.4, -0.2) is 0 Å². The first-order chi connectivity index (χ1) is 7.74. The minimum Gasteiger partial charge on any atom is -0.324 e. The molecule has 1 atom stereocenters. The van der Waals surface area contributed by atoms with E-state index in [1.807, 2.05) is 12.1 Å². The van der Waals surface area contributed by atoms with Gasteiger partial charge in [0.25, 0.3) is 0 Å². The number of hydrogen-bond donors (Lipinski definition) is 1. The van der Waals surface area contributed by atoms with E-state index in [0.717, 1.165) is 24.0 Å². The van der Waals surface area contributed by atoms with Crippen LogP contribution in [0.15, 0.2) is 18.2 Å². The standard InChI is InChI=1S/C15H22FN/c1-14(2,3)13(17)10-5-6-11(12(16)9-10)15(4)7-8-15/h5-6,9,13H,7-8,17H2,1-4H3. The molecule has 1 aliphatic carbocycles. The fraction of sp³-hybridized carbons (Fsp3) is 0.600. The van der Waals surface area contributed by atoms with Gasteiger partial charge < -0.3 is 5.73 Å². The van der Waals surface area contributed by atoms with E-state index in [4.69, 9.17) is 5.73 Å². The Morgan fingerprint density at radius 3 is 2.29 bits per heavy atom. The van der Waals surface area contributed by atoms with E-state index in [1.165, 1.54) is 0 Å². The number of benzene rings is 1. The maximum Gasteiger partial charge on any atom is 0.127 e. The van der Waals surface area contributed by atoms with Gasteiger partial charge in [-0.2, -0.15) is 0 Å². The maximum atomic E-state index is 14.1. The largest absolute Gasteiger partial charge is 0.324 e. The molecule has 1 nitrogen and oxygen atoms in total. The zero-order valence-electron chi connectivity index (χ0n) is 11.2. The monoisotopic (exact) mass is 235 g/mol. The molecule has 2 heteroatoms. The summed E-state index contributed by atoms with van der Waals surface area (Å²) >= 11 is 0. The Morgan fingerprint density at radius 2 is 1.88 bits per heavy atom. The third-order valence-corrected chi connectivity index (χ3v) is 3.94. The molecule has 0 heterocycles. The van der Waals surface area contributed by atoms with Crippen LogP contribution in [-0.2, 0) is 5.41 Å². The second-order valence-corrected chi connectivity index (χ2v) is 6.64. The van der Waals surface area contributed by atoms with Crippen LogP contribution in [0, 0.1) is 11.2 Å². The van der Waals surface area contributed by atoms with Crippen molar-refractivity contribution < 1.29 is 4.39 Å². The topological polar surface area (TPSA) is 26.0 Å². The van der Waals surface area contributed by atoms with Gasteiger partial charge in [0, 0.05) is 6.04 Å². The van der Waals surface area contributed by atoms with Crippen molar-refractivity contribution in [3.63, 3.8) is 0 Å². The molecule has 1 aromatic rings. The van der Waals surface area contributed by atoms with Crippen LogP contribution >= 0.6 is 0 Å². The highest BCUT2D eigenvalue weighted by Gasteiger charge is 2.41. The predicted octanol–water partition coefficient (Wildman–Crippen LogP) is 3.92. The molecule has 1 aromatic carbocycles. The molecule has 1 aliphatic rings. The molecule has 2 rings (SSSR count). The fourth-order valence-corrected chi connectivity index (χ4v) is 2.17. The molecule has 1 unspecified atom stereocenters. The molecular weight excluding hydrogens is 213 g/mol. The van der Waals surface area contributed by atoms with Crippen molar-refractivity contribution in [1.29, 1.82) is 0 Å². The van der Waals surface area contributed by atoms with E-state index in [0.29, 0.717) is 0 Å². The minimum atomic E-state index is -0.127. The van der Waals surface area contributed by atoms with Gasteiger partial charge in [0.05, 0.1) is 0 Å². The molecule has 17 heavy (non-hydrogen) atoms. The summed E-state index contributed by atoms with van der Waals surface area (Å²) in [5.41, 5.74) is 7.92. The third-order valence-electron chi connectivity index (χ3n) is 3.94. The first-order valence-electron chi connectivity index (χ1n) is 6.29. The average molecular weight is 235 g/mol. The van der Waals surface area contributed by atoms with Gasteiger partial charge in [-0.15, -0.1) is 0 Å². The average Bonchev–Trinajstić information content (AvgIpc) is 2.94. The zero-order valence-corrected chi connectivity index (χ0v) is 11.2. The van der Waals surface area contributed by atoms with Crippen molar-refractivity contribution in [3.8, 4) is 0 Å². The van der Waals surface area contributed by atoms with Crippen molar-refractivity contribution in [2.24, 2.45) is 11.1 Å². The first-order valence-corrected chi connectivity index (χ1v) is 6.29. The Balaban J connectivity index is 2.31. The van der Waals surface area contributed by atoms with E-state index in [1.54, 1.807) is 6.07 Å². The Morgan fingerprint density at radius 1 is 1.29 bits per heavy atom. The van der Waals surface area contributed by atoms with Crippen LogP contribution in [0.4, 0.5) is 4.39 Å². The van der Waals surface area contributed by atoms with E-state index in [2.05, 4.69) is 27.7 Å². The van der Waals surface area contributed by atoms with Crippen molar-refractivity contribution in [2.45, 2.75) is 52.0 Å². The number of hydrogen-bond acceptors (Lipinski definition) is 1. The summed E-state index contributed by atoms with van der Waals surface area (Å²) in [6.45, 7) is 8.35. The quantitative estimate of drug-likeness (QED) is 0.826. The van der Waals surface area contributed by atoms with Crippen molar-refractivity contribution in [1.82, 2.24) is 0 Å². The lowest BCUT2D eigenvalue weighted by Crippen LogP contribution is -2.26. The van der Waals surface area contributed by atoms with E-state index in [-0.39, 0.29) is 22.7 Å². The van der Waals surface area contributed by atoms with Gasteiger partial charge in [-0.3, -0.25) is 0 Å². The minimum absolute atomic E-state index is 0.0442. The Kier molecular flexibility index (Phi) is 2.81. The lowest BCUT2D eigenvalue weighted by atomic mass is 9.82. The highest BCUT2D eigenvalue weighted by molar-refractivity contribution is 5.35. The van der Waals surface area contributed by atoms with Gasteiger partial charge in [-0.25, -0.2) is 4.39 Å². The molecule has 94 valence electrons. The Bertz CT molecular complexity index is 427. The molecule has 0 saturated heterocycles. The maximum absolute atomic E-state index is 14.1. The van der Waals surface area contributed by atoms with Gasteiger partial charge >= 0.3 is 0 Å². The molecule has 2 N–H and O–H groups in total. The SMILES string of the molecule is CC1(c2ccc(C(N)C(C)(C)C)cc2F)CC1. The van der Waals surface area contributed by atoms with Crippen LogP contribution in [0.1, 0.15) is 57.7 Å². The number of nitrogens with two attached hydrogens (primary N) is 1. The summed E-state index contributed by atoms with van der Waals surface area (Å²) in [6, 6.07) is 5.40. The van der Waals surface area contributed by atoms with Crippen molar-refractivity contribution in [3.05, 3.63) is 35.1 Å². The molecule has 1 fully saturated rings. The molecule has 0 amide bonds. The van der Waals surface area contributed by atoms with Crippen molar-refractivity contribution in [2.75, 3.05) is 0 Å². The van der Waals surface area contributed by atoms with Crippen LogP contribution in [0.2, 0.25) is 0 Å². The smallest absolute Gasteiger partial charge is 0.127 e. The van der Waals surface area contributed by atoms with Crippen LogP contribution in [0.3, 0.4) is 0 Å². The molecule has 0 aliphatic heterocycles. The molecule has 0 spiro atoms. The van der Waals surface area contributed by atoms with Gasteiger partial charge in [-0.1, -0.05) is 39.8 Å². The number of rotatable bonds is 2. The summed E-state index contributed by atoms with van der Waals surface area (Å²) in [4.78, 5) is 0.